The molecule has 0 saturated carbocycles. The van der Waals surface area contributed by atoms with E-state index in [4.69, 9.17) is 23.2 Å². The number of carbonyl (C=O) groups excluding carboxylic acids is 1. The van der Waals surface area contributed by atoms with E-state index in [1.54, 1.807) is 12.1 Å². The Kier molecular flexibility index (Phi) is 5.98. The lowest BCUT2D eigenvalue weighted by Crippen LogP contribution is -2.22. The van der Waals surface area contributed by atoms with Crippen molar-refractivity contribution in [2.45, 2.75) is 6.42 Å². The second-order valence-corrected chi connectivity index (χ2v) is 3.97. The summed E-state index contributed by atoms with van der Waals surface area (Å²) in [6.45, 7) is 0.592. The Morgan fingerprint density at radius 3 is 2.81 bits per heavy atom. The molecular weight excluding hydrogens is 245 g/mol. The summed E-state index contributed by atoms with van der Waals surface area (Å²) < 4.78 is 0. The van der Waals surface area contributed by atoms with Crippen LogP contribution in [0.4, 0.5) is 0 Å². The zero-order valence-corrected chi connectivity index (χ0v) is 10.3. The van der Waals surface area contributed by atoms with Crippen molar-refractivity contribution in [2.24, 2.45) is 0 Å². The van der Waals surface area contributed by atoms with Gasteiger partial charge in [0, 0.05) is 23.5 Å². The van der Waals surface area contributed by atoms with Gasteiger partial charge in [-0.1, -0.05) is 29.8 Å². The fourth-order valence-electron chi connectivity index (χ4n) is 1.11. The van der Waals surface area contributed by atoms with Crippen LogP contribution in [0.3, 0.4) is 0 Å². The maximum Gasteiger partial charge on any atom is 0.244 e. The van der Waals surface area contributed by atoms with Crippen LogP contribution in [0, 0.1) is 0 Å². The van der Waals surface area contributed by atoms with Gasteiger partial charge in [0.05, 0.1) is 0 Å². The van der Waals surface area contributed by atoms with E-state index in [1.807, 2.05) is 18.2 Å². The lowest BCUT2D eigenvalue weighted by atomic mass is 10.2. The standard InChI is InChI=1S/C12H13Cl2NO/c13-8-3-9-15-12(16)7-6-10-4-1-2-5-11(10)14/h1-2,4-7H,3,8-9H2,(H,15,16)/b7-6+. The van der Waals surface area contributed by atoms with Gasteiger partial charge < -0.3 is 5.32 Å². The molecule has 1 N–H and O–H groups in total. The molecule has 0 unspecified atom stereocenters. The molecule has 1 aromatic carbocycles. The molecule has 0 spiro atoms. The maximum absolute atomic E-state index is 11.3. The molecule has 0 aliphatic heterocycles. The molecule has 0 aliphatic carbocycles. The van der Waals surface area contributed by atoms with Crippen molar-refractivity contribution in [3.63, 3.8) is 0 Å². The third-order valence-corrected chi connectivity index (χ3v) is 2.54. The minimum absolute atomic E-state index is 0.134. The largest absolute Gasteiger partial charge is 0.353 e. The smallest absolute Gasteiger partial charge is 0.244 e. The molecule has 0 aromatic heterocycles. The molecule has 0 aliphatic rings. The number of hydrogen-bond acceptors (Lipinski definition) is 1. The molecule has 86 valence electrons. The van der Waals surface area contributed by atoms with E-state index < -0.39 is 0 Å². The third-order valence-electron chi connectivity index (χ3n) is 1.93. The summed E-state index contributed by atoms with van der Waals surface area (Å²) in [7, 11) is 0. The molecule has 0 bridgehead atoms. The van der Waals surface area contributed by atoms with Crippen molar-refractivity contribution in [1.29, 1.82) is 0 Å². The Labute approximate surface area is 105 Å². The monoisotopic (exact) mass is 257 g/mol. The Bertz CT molecular complexity index is 377. The molecular formula is C12H13Cl2NO. The highest BCUT2D eigenvalue weighted by molar-refractivity contribution is 6.32. The van der Waals surface area contributed by atoms with Gasteiger partial charge in [-0.2, -0.15) is 0 Å². The third kappa shape index (κ3) is 4.69. The van der Waals surface area contributed by atoms with Gasteiger partial charge in [-0.3, -0.25) is 4.79 Å². The van der Waals surface area contributed by atoms with Crippen LogP contribution in [0.5, 0.6) is 0 Å². The Hall–Kier alpha value is -0.990. The quantitative estimate of drug-likeness (QED) is 0.490. The first-order chi connectivity index (χ1) is 7.74. The highest BCUT2D eigenvalue weighted by Crippen LogP contribution is 2.15. The Morgan fingerprint density at radius 2 is 2.12 bits per heavy atom. The summed E-state index contributed by atoms with van der Waals surface area (Å²) in [6.07, 6.45) is 3.93. The van der Waals surface area contributed by atoms with Crippen LogP contribution >= 0.6 is 23.2 Å². The summed E-state index contributed by atoms with van der Waals surface area (Å²) in [4.78, 5) is 11.3. The molecule has 0 saturated heterocycles. The van der Waals surface area contributed by atoms with Crippen molar-refractivity contribution < 1.29 is 4.79 Å². The van der Waals surface area contributed by atoms with Crippen LogP contribution in [0.25, 0.3) is 6.08 Å². The van der Waals surface area contributed by atoms with Gasteiger partial charge in [-0.25, -0.2) is 0 Å². The summed E-state index contributed by atoms with van der Waals surface area (Å²) in [5.74, 6) is 0.416. The van der Waals surface area contributed by atoms with Gasteiger partial charge >= 0.3 is 0 Å². The predicted octanol–water partition coefficient (Wildman–Crippen LogP) is 3.10. The van der Waals surface area contributed by atoms with Crippen molar-refractivity contribution in [3.8, 4) is 0 Å². The van der Waals surface area contributed by atoms with E-state index in [0.29, 0.717) is 17.4 Å². The zero-order valence-electron chi connectivity index (χ0n) is 8.75. The summed E-state index contributed by atoms with van der Waals surface area (Å²) >= 11 is 11.4. The second kappa shape index (κ2) is 7.31. The lowest BCUT2D eigenvalue weighted by Gasteiger charge is -1.99. The number of hydrogen-bond donors (Lipinski definition) is 1. The zero-order chi connectivity index (χ0) is 11.8. The predicted molar refractivity (Wildman–Crippen MR) is 68.8 cm³/mol. The van der Waals surface area contributed by atoms with Crippen LogP contribution in [0.2, 0.25) is 5.02 Å². The number of carbonyl (C=O) groups is 1. The molecule has 1 rings (SSSR count). The molecule has 1 amide bonds. The van der Waals surface area contributed by atoms with E-state index in [1.165, 1.54) is 6.08 Å². The van der Waals surface area contributed by atoms with Crippen LogP contribution in [0.1, 0.15) is 12.0 Å². The summed E-state index contributed by atoms with van der Waals surface area (Å²) in [5.41, 5.74) is 0.830. The van der Waals surface area contributed by atoms with E-state index in [0.717, 1.165) is 12.0 Å². The highest BCUT2D eigenvalue weighted by atomic mass is 35.5. The topological polar surface area (TPSA) is 29.1 Å². The molecule has 0 radical (unpaired) electrons. The van der Waals surface area contributed by atoms with Gasteiger partial charge in [0.2, 0.25) is 5.91 Å². The van der Waals surface area contributed by atoms with Gasteiger partial charge in [0.15, 0.2) is 0 Å². The van der Waals surface area contributed by atoms with Crippen molar-refractivity contribution >= 4 is 35.2 Å². The Morgan fingerprint density at radius 1 is 1.38 bits per heavy atom. The van der Waals surface area contributed by atoms with Crippen LogP contribution < -0.4 is 5.32 Å². The van der Waals surface area contributed by atoms with Crippen molar-refractivity contribution in [3.05, 3.63) is 40.9 Å². The molecule has 0 atom stereocenters. The molecule has 4 heteroatoms. The molecule has 0 heterocycles. The summed E-state index contributed by atoms with van der Waals surface area (Å²) in [6, 6.07) is 7.36. The number of nitrogens with one attached hydrogen (secondary N) is 1. The van der Waals surface area contributed by atoms with Crippen LogP contribution in [-0.2, 0) is 4.79 Å². The van der Waals surface area contributed by atoms with Crippen molar-refractivity contribution in [2.75, 3.05) is 12.4 Å². The second-order valence-electron chi connectivity index (χ2n) is 3.19. The van der Waals surface area contributed by atoms with Gasteiger partial charge in [-0.15, -0.1) is 11.6 Å². The van der Waals surface area contributed by atoms with Gasteiger partial charge in [-0.05, 0) is 24.1 Å². The van der Waals surface area contributed by atoms with E-state index in [2.05, 4.69) is 5.32 Å². The summed E-state index contributed by atoms with van der Waals surface area (Å²) in [5, 5.41) is 3.35. The molecule has 0 fully saturated rings. The van der Waals surface area contributed by atoms with E-state index >= 15 is 0 Å². The molecule has 16 heavy (non-hydrogen) atoms. The average Bonchev–Trinajstić information content (AvgIpc) is 2.28. The highest BCUT2D eigenvalue weighted by Gasteiger charge is 1.96. The van der Waals surface area contributed by atoms with Gasteiger partial charge in [0.1, 0.15) is 0 Å². The Balaban J connectivity index is 2.47. The average molecular weight is 258 g/mol. The fraction of sp³-hybridized carbons (Fsp3) is 0.250. The van der Waals surface area contributed by atoms with E-state index in [9.17, 15) is 4.79 Å². The normalized spacial score (nSPS) is 10.6. The van der Waals surface area contributed by atoms with E-state index in [-0.39, 0.29) is 5.91 Å². The minimum atomic E-state index is -0.134. The maximum atomic E-state index is 11.3. The SMILES string of the molecule is O=C(/C=C/c1ccccc1Cl)NCCCCl. The molecule has 2 nitrogen and oxygen atoms in total. The number of benzene rings is 1. The van der Waals surface area contributed by atoms with Crippen LogP contribution in [-0.4, -0.2) is 18.3 Å². The number of alkyl halides is 1. The van der Waals surface area contributed by atoms with Crippen molar-refractivity contribution in [1.82, 2.24) is 5.32 Å². The first kappa shape index (κ1) is 13.1. The lowest BCUT2D eigenvalue weighted by molar-refractivity contribution is -0.116. The minimum Gasteiger partial charge on any atom is -0.353 e. The fourth-order valence-corrected chi connectivity index (χ4v) is 1.45. The first-order valence-corrected chi connectivity index (χ1v) is 5.91. The molecule has 1 aromatic rings. The first-order valence-electron chi connectivity index (χ1n) is 5.00. The number of halogens is 2. The van der Waals surface area contributed by atoms with Gasteiger partial charge in [0.25, 0.3) is 0 Å². The number of amides is 1. The van der Waals surface area contributed by atoms with Crippen LogP contribution in [0.15, 0.2) is 30.3 Å². The number of rotatable bonds is 5.